The lowest BCUT2D eigenvalue weighted by Gasteiger charge is -2.28. The quantitative estimate of drug-likeness (QED) is 0.808. The molecule has 0 radical (unpaired) electrons. The van der Waals surface area contributed by atoms with Crippen molar-refractivity contribution in [2.24, 2.45) is 0 Å². The molecule has 6 nitrogen and oxygen atoms in total. The molecule has 2 rings (SSSR count). The monoisotopic (exact) mass is 329 g/mol. The smallest absolute Gasteiger partial charge is 0.257 e. The van der Waals surface area contributed by atoms with E-state index in [0.717, 1.165) is 12.0 Å². The molecule has 0 saturated heterocycles. The van der Waals surface area contributed by atoms with Crippen LogP contribution in [0.15, 0.2) is 47.5 Å². The number of rotatable bonds is 8. The molecule has 1 N–H and O–H groups in total. The molecule has 0 bridgehead atoms. The van der Waals surface area contributed by atoms with Crippen molar-refractivity contribution < 1.29 is 14.0 Å². The van der Waals surface area contributed by atoms with Crippen LogP contribution in [0.5, 0.6) is 0 Å². The molecule has 0 unspecified atom stereocenters. The van der Waals surface area contributed by atoms with Crippen LogP contribution in [-0.4, -0.2) is 34.3 Å². The number of hydrogen-bond acceptors (Lipinski definition) is 4. The highest BCUT2D eigenvalue weighted by atomic mass is 16.3. The van der Waals surface area contributed by atoms with Crippen molar-refractivity contribution in [3.63, 3.8) is 0 Å². The summed E-state index contributed by atoms with van der Waals surface area (Å²) >= 11 is 0. The zero-order valence-electron chi connectivity index (χ0n) is 14.1. The fraction of sp³-hybridized carbons (Fsp3) is 0.389. The number of hydrogen-bond donors (Lipinski definition) is 1. The van der Waals surface area contributed by atoms with Crippen LogP contribution in [0.1, 0.15) is 42.6 Å². The van der Waals surface area contributed by atoms with Gasteiger partial charge in [0.15, 0.2) is 0 Å². The van der Waals surface area contributed by atoms with Crippen LogP contribution in [0.3, 0.4) is 0 Å². The van der Waals surface area contributed by atoms with E-state index in [2.05, 4.69) is 10.3 Å². The van der Waals surface area contributed by atoms with Crippen LogP contribution in [0, 0.1) is 0 Å². The van der Waals surface area contributed by atoms with Gasteiger partial charge in [0.05, 0.1) is 11.8 Å². The average Bonchev–Trinajstić information content (AvgIpc) is 3.15. The Morgan fingerprint density at radius 1 is 1.38 bits per heavy atom. The molecule has 0 aliphatic rings. The normalized spacial score (nSPS) is 11.8. The fourth-order valence-corrected chi connectivity index (χ4v) is 2.31. The van der Waals surface area contributed by atoms with E-state index in [1.165, 1.54) is 12.5 Å². The highest BCUT2D eigenvalue weighted by Gasteiger charge is 2.21. The third-order valence-electron chi connectivity index (χ3n) is 3.94. The number of amides is 2. The molecular weight excluding hydrogens is 306 g/mol. The van der Waals surface area contributed by atoms with E-state index < -0.39 is 0 Å². The Bertz CT molecular complexity index is 641. The lowest BCUT2D eigenvalue weighted by molar-refractivity contribution is -0.121. The molecule has 0 saturated carbocycles. The van der Waals surface area contributed by atoms with Gasteiger partial charge < -0.3 is 14.6 Å². The summed E-state index contributed by atoms with van der Waals surface area (Å²) in [6.07, 6.45) is 7.39. The summed E-state index contributed by atoms with van der Waals surface area (Å²) in [5, 5.41) is 2.85. The number of pyridine rings is 1. The molecule has 2 aromatic heterocycles. The van der Waals surface area contributed by atoms with Crippen molar-refractivity contribution in [3.05, 3.63) is 54.2 Å². The predicted octanol–water partition coefficient (Wildman–Crippen LogP) is 2.62. The van der Waals surface area contributed by atoms with Gasteiger partial charge in [0.2, 0.25) is 5.91 Å². The first kappa shape index (κ1) is 17.7. The zero-order valence-corrected chi connectivity index (χ0v) is 14.1. The molecule has 0 fully saturated rings. The topological polar surface area (TPSA) is 75.4 Å². The highest BCUT2D eigenvalue weighted by molar-refractivity contribution is 5.94. The second-order valence-corrected chi connectivity index (χ2v) is 5.66. The molecule has 0 aromatic carbocycles. The molecule has 2 heterocycles. The summed E-state index contributed by atoms with van der Waals surface area (Å²) in [5.74, 6) is -0.203. The third-order valence-corrected chi connectivity index (χ3v) is 3.94. The molecule has 2 amide bonds. The summed E-state index contributed by atoms with van der Waals surface area (Å²) in [4.78, 5) is 30.3. The van der Waals surface area contributed by atoms with Gasteiger partial charge in [0.25, 0.3) is 5.91 Å². The van der Waals surface area contributed by atoms with Crippen LogP contribution in [-0.2, 0) is 11.3 Å². The first-order chi connectivity index (χ1) is 11.6. The van der Waals surface area contributed by atoms with Gasteiger partial charge >= 0.3 is 0 Å². The van der Waals surface area contributed by atoms with Crippen molar-refractivity contribution in [2.75, 3.05) is 6.54 Å². The van der Waals surface area contributed by atoms with E-state index in [0.29, 0.717) is 18.7 Å². The fourth-order valence-electron chi connectivity index (χ4n) is 2.31. The lowest BCUT2D eigenvalue weighted by Crippen LogP contribution is -2.40. The van der Waals surface area contributed by atoms with E-state index in [1.54, 1.807) is 23.4 Å². The number of nitrogens with one attached hydrogen (secondary N) is 1. The molecule has 2 aromatic rings. The molecular formula is C18H23N3O3. The maximum atomic E-state index is 12.5. The first-order valence-electron chi connectivity index (χ1n) is 8.10. The summed E-state index contributed by atoms with van der Waals surface area (Å²) in [6, 6.07) is 5.43. The molecule has 0 aliphatic heterocycles. The second-order valence-electron chi connectivity index (χ2n) is 5.66. The minimum atomic E-state index is -0.113. The third kappa shape index (κ3) is 4.94. The lowest BCUT2D eigenvalue weighted by atomic mass is 10.1. The van der Waals surface area contributed by atoms with Crippen molar-refractivity contribution in [3.8, 4) is 0 Å². The van der Waals surface area contributed by atoms with Crippen molar-refractivity contribution >= 4 is 11.8 Å². The highest BCUT2D eigenvalue weighted by Crippen LogP contribution is 2.12. The van der Waals surface area contributed by atoms with Crippen LogP contribution in [0.25, 0.3) is 0 Å². The van der Waals surface area contributed by atoms with Crippen molar-refractivity contribution in [1.29, 1.82) is 0 Å². The maximum absolute atomic E-state index is 12.5. The minimum absolute atomic E-state index is 0.0542. The minimum Gasteiger partial charge on any atom is -0.472 e. The second kappa shape index (κ2) is 8.86. The Hall–Kier alpha value is -2.63. The Morgan fingerprint density at radius 3 is 2.83 bits per heavy atom. The number of aromatic nitrogens is 1. The Labute approximate surface area is 141 Å². The molecule has 128 valence electrons. The Morgan fingerprint density at radius 2 is 2.21 bits per heavy atom. The van der Waals surface area contributed by atoms with Gasteiger partial charge in [-0.05, 0) is 31.0 Å². The van der Waals surface area contributed by atoms with Gasteiger partial charge in [-0.1, -0.05) is 13.0 Å². The van der Waals surface area contributed by atoms with Gasteiger partial charge in [-0.15, -0.1) is 0 Å². The molecule has 24 heavy (non-hydrogen) atoms. The van der Waals surface area contributed by atoms with Gasteiger partial charge in [0, 0.05) is 37.9 Å². The van der Waals surface area contributed by atoms with Crippen LogP contribution in [0.4, 0.5) is 0 Å². The number of furan rings is 1. The SMILES string of the molecule is CC[C@H](C)N(CCC(=O)NCc1cccnc1)C(=O)c1ccoc1. The van der Waals surface area contributed by atoms with Gasteiger partial charge in [-0.3, -0.25) is 14.6 Å². The number of nitrogens with zero attached hydrogens (tertiary/aromatic N) is 2. The van der Waals surface area contributed by atoms with Crippen LogP contribution >= 0.6 is 0 Å². The largest absolute Gasteiger partial charge is 0.472 e. The van der Waals surface area contributed by atoms with E-state index in [-0.39, 0.29) is 24.3 Å². The van der Waals surface area contributed by atoms with E-state index in [4.69, 9.17) is 4.42 Å². The number of carbonyl (C=O) groups is 2. The van der Waals surface area contributed by atoms with Crippen molar-refractivity contribution in [2.45, 2.75) is 39.3 Å². The van der Waals surface area contributed by atoms with Gasteiger partial charge in [-0.25, -0.2) is 0 Å². The summed E-state index contributed by atoms with van der Waals surface area (Å²) in [6.45, 7) is 4.80. The summed E-state index contributed by atoms with van der Waals surface area (Å²) < 4.78 is 4.98. The van der Waals surface area contributed by atoms with Gasteiger partial charge in [0.1, 0.15) is 6.26 Å². The molecule has 1 atom stereocenters. The summed E-state index contributed by atoms with van der Waals surface area (Å²) in [7, 11) is 0. The maximum Gasteiger partial charge on any atom is 0.257 e. The summed E-state index contributed by atoms with van der Waals surface area (Å²) in [5.41, 5.74) is 1.45. The molecule has 0 aliphatic carbocycles. The molecule has 6 heteroatoms. The van der Waals surface area contributed by atoms with Gasteiger partial charge in [-0.2, -0.15) is 0 Å². The predicted molar refractivity (Wildman–Crippen MR) is 90.2 cm³/mol. The van der Waals surface area contributed by atoms with E-state index in [1.807, 2.05) is 26.0 Å². The number of carbonyl (C=O) groups excluding carboxylic acids is 2. The first-order valence-corrected chi connectivity index (χ1v) is 8.10. The zero-order chi connectivity index (χ0) is 17.4. The van der Waals surface area contributed by atoms with E-state index in [9.17, 15) is 9.59 Å². The van der Waals surface area contributed by atoms with Crippen LogP contribution in [0.2, 0.25) is 0 Å². The standard InChI is InChI=1S/C18H23N3O3/c1-3-14(2)21(18(23)16-7-10-24-13-16)9-6-17(22)20-12-15-5-4-8-19-11-15/h4-5,7-8,10-11,13-14H,3,6,9,12H2,1-2H3,(H,20,22)/t14-/m0/s1. The van der Waals surface area contributed by atoms with E-state index >= 15 is 0 Å². The Kier molecular flexibility index (Phi) is 6.54. The Balaban J connectivity index is 1.88. The average molecular weight is 329 g/mol. The van der Waals surface area contributed by atoms with Crippen LogP contribution < -0.4 is 5.32 Å². The van der Waals surface area contributed by atoms with Crippen molar-refractivity contribution in [1.82, 2.24) is 15.2 Å². The molecule has 0 spiro atoms.